The Morgan fingerprint density at radius 3 is 2.33 bits per heavy atom. The highest BCUT2D eigenvalue weighted by atomic mass is 79.9. The molecule has 0 fully saturated rings. The third-order valence-corrected chi connectivity index (χ3v) is 2.56. The van der Waals surface area contributed by atoms with E-state index >= 15 is 0 Å². The molecule has 68 valence electrons. The lowest BCUT2D eigenvalue weighted by molar-refractivity contribution is 0.615. The first-order valence-corrected chi connectivity index (χ1v) is 5.05. The van der Waals surface area contributed by atoms with Gasteiger partial charge in [0.1, 0.15) is 10.3 Å². The zero-order valence-corrected chi connectivity index (χ0v) is 9.91. The molecular weight excluding hydrogens is 288 g/mol. The van der Waals surface area contributed by atoms with Crippen LogP contribution in [-0.4, -0.2) is 15.0 Å². The summed E-state index contributed by atoms with van der Waals surface area (Å²) in [6.45, 7) is 2.59. The van der Waals surface area contributed by atoms with Crippen LogP contribution in [0.15, 0.2) is 4.60 Å². The zero-order chi connectivity index (χ0) is 9.35. The van der Waals surface area contributed by atoms with Gasteiger partial charge in [-0.3, -0.25) is 0 Å². The molecule has 0 aromatic carbocycles. The summed E-state index contributed by atoms with van der Waals surface area (Å²) in [5.74, 6) is 0. The second-order valence-electron chi connectivity index (χ2n) is 2.04. The molecule has 0 aliphatic heterocycles. The molecule has 0 saturated heterocycles. The fourth-order valence-corrected chi connectivity index (χ4v) is 2.10. The van der Waals surface area contributed by atoms with Crippen molar-refractivity contribution >= 4 is 50.7 Å². The Morgan fingerprint density at radius 2 is 2.08 bits per heavy atom. The molecule has 0 unspecified atom stereocenters. The molecule has 1 rings (SSSR count). The standard InChI is InChI=1S/C5H5BrCl3N3/c1-2-12-4(6)3(10-11-12)5(7,8)9/h2H2,1H3. The summed E-state index contributed by atoms with van der Waals surface area (Å²) in [7, 11) is 0. The minimum Gasteiger partial charge on any atom is -0.238 e. The molecule has 0 atom stereocenters. The maximum atomic E-state index is 5.62. The Balaban J connectivity index is 3.11. The van der Waals surface area contributed by atoms with E-state index in [0.29, 0.717) is 16.8 Å². The lowest BCUT2D eigenvalue weighted by atomic mass is 10.5. The third-order valence-electron chi connectivity index (χ3n) is 1.24. The first-order chi connectivity index (χ1) is 5.46. The summed E-state index contributed by atoms with van der Waals surface area (Å²) in [5, 5.41) is 7.50. The summed E-state index contributed by atoms with van der Waals surface area (Å²) in [6, 6.07) is 0. The number of halogens is 4. The van der Waals surface area contributed by atoms with E-state index in [4.69, 9.17) is 34.8 Å². The van der Waals surface area contributed by atoms with Crippen LogP contribution in [0.2, 0.25) is 0 Å². The van der Waals surface area contributed by atoms with Gasteiger partial charge in [0.05, 0.1) is 0 Å². The van der Waals surface area contributed by atoms with Gasteiger partial charge in [-0.1, -0.05) is 40.0 Å². The van der Waals surface area contributed by atoms with Crippen molar-refractivity contribution in [2.24, 2.45) is 0 Å². The minimum absolute atomic E-state index is 0.314. The van der Waals surface area contributed by atoms with Crippen LogP contribution in [0.25, 0.3) is 0 Å². The number of aromatic nitrogens is 3. The van der Waals surface area contributed by atoms with Crippen LogP contribution in [0, 0.1) is 0 Å². The van der Waals surface area contributed by atoms with Crippen molar-refractivity contribution in [3.05, 3.63) is 10.3 Å². The maximum Gasteiger partial charge on any atom is 0.237 e. The van der Waals surface area contributed by atoms with Gasteiger partial charge in [-0.25, -0.2) is 4.68 Å². The molecule has 12 heavy (non-hydrogen) atoms. The second kappa shape index (κ2) is 3.70. The summed E-state index contributed by atoms with van der Waals surface area (Å²) in [4.78, 5) is 0. The van der Waals surface area contributed by atoms with Gasteiger partial charge in [0.2, 0.25) is 3.79 Å². The Bertz CT molecular complexity index is 280. The highest BCUT2D eigenvalue weighted by molar-refractivity contribution is 9.10. The summed E-state index contributed by atoms with van der Waals surface area (Å²) < 4.78 is 0.675. The molecule has 1 aromatic heterocycles. The van der Waals surface area contributed by atoms with Gasteiger partial charge in [-0.15, -0.1) is 5.10 Å². The highest BCUT2D eigenvalue weighted by Gasteiger charge is 2.30. The maximum absolute atomic E-state index is 5.62. The van der Waals surface area contributed by atoms with E-state index in [1.165, 1.54) is 0 Å². The first-order valence-electron chi connectivity index (χ1n) is 3.13. The van der Waals surface area contributed by atoms with Crippen LogP contribution in [0.4, 0.5) is 0 Å². The van der Waals surface area contributed by atoms with Crippen molar-refractivity contribution < 1.29 is 0 Å². The SMILES string of the molecule is CCn1nnc(C(Cl)(Cl)Cl)c1Br. The largest absolute Gasteiger partial charge is 0.238 e. The van der Waals surface area contributed by atoms with E-state index in [0.717, 1.165) is 0 Å². The average Bonchev–Trinajstić information content (AvgIpc) is 2.29. The number of alkyl halides is 3. The zero-order valence-electron chi connectivity index (χ0n) is 6.06. The molecule has 3 nitrogen and oxygen atoms in total. The minimum atomic E-state index is -1.52. The van der Waals surface area contributed by atoms with Crippen molar-refractivity contribution in [1.82, 2.24) is 15.0 Å². The van der Waals surface area contributed by atoms with Gasteiger partial charge in [-0.2, -0.15) is 0 Å². The topological polar surface area (TPSA) is 30.7 Å². The number of nitrogens with zero attached hydrogens (tertiary/aromatic N) is 3. The number of hydrogen-bond donors (Lipinski definition) is 0. The van der Waals surface area contributed by atoms with E-state index in [2.05, 4.69) is 26.2 Å². The smallest absolute Gasteiger partial charge is 0.237 e. The second-order valence-corrected chi connectivity index (χ2v) is 5.07. The molecule has 0 radical (unpaired) electrons. The van der Waals surface area contributed by atoms with Crippen molar-refractivity contribution in [2.75, 3.05) is 0 Å². The van der Waals surface area contributed by atoms with Crippen LogP contribution in [0.5, 0.6) is 0 Å². The van der Waals surface area contributed by atoms with Gasteiger partial charge >= 0.3 is 0 Å². The number of hydrogen-bond acceptors (Lipinski definition) is 2. The molecule has 0 aliphatic rings. The Kier molecular flexibility index (Phi) is 3.26. The Labute approximate surface area is 93.1 Å². The third kappa shape index (κ3) is 2.05. The van der Waals surface area contributed by atoms with Gasteiger partial charge in [0.25, 0.3) is 0 Å². The van der Waals surface area contributed by atoms with Gasteiger partial charge in [0, 0.05) is 6.54 Å². The molecule has 0 aliphatic carbocycles. The van der Waals surface area contributed by atoms with Gasteiger partial charge < -0.3 is 0 Å². The monoisotopic (exact) mass is 291 g/mol. The van der Waals surface area contributed by atoms with E-state index in [1.807, 2.05) is 6.92 Å². The lowest BCUT2D eigenvalue weighted by Gasteiger charge is -2.06. The van der Waals surface area contributed by atoms with Crippen molar-refractivity contribution in [1.29, 1.82) is 0 Å². The number of rotatable bonds is 1. The summed E-state index contributed by atoms with van der Waals surface area (Å²) in [5.41, 5.74) is 0.314. The molecule has 0 amide bonds. The average molecular weight is 293 g/mol. The van der Waals surface area contributed by atoms with Gasteiger partial charge in [-0.05, 0) is 22.9 Å². The van der Waals surface area contributed by atoms with Crippen molar-refractivity contribution in [2.45, 2.75) is 17.3 Å². The van der Waals surface area contributed by atoms with Crippen molar-refractivity contribution in [3.63, 3.8) is 0 Å². The molecule has 0 N–H and O–H groups in total. The van der Waals surface area contributed by atoms with E-state index in [9.17, 15) is 0 Å². The number of aryl methyl sites for hydroxylation is 1. The lowest BCUT2D eigenvalue weighted by Crippen LogP contribution is -2.02. The quantitative estimate of drug-likeness (QED) is 0.745. The summed E-state index contributed by atoms with van der Waals surface area (Å²) in [6.07, 6.45) is 0. The van der Waals surface area contributed by atoms with Crippen LogP contribution >= 0.6 is 50.7 Å². The molecule has 1 aromatic rings. The van der Waals surface area contributed by atoms with Crippen LogP contribution in [-0.2, 0) is 10.3 Å². The van der Waals surface area contributed by atoms with Crippen LogP contribution in [0.1, 0.15) is 12.6 Å². The van der Waals surface area contributed by atoms with E-state index < -0.39 is 3.79 Å². The van der Waals surface area contributed by atoms with E-state index in [-0.39, 0.29) is 0 Å². The molecule has 0 saturated carbocycles. The highest BCUT2D eigenvalue weighted by Crippen LogP contribution is 2.40. The first kappa shape index (κ1) is 10.6. The fraction of sp³-hybridized carbons (Fsp3) is 0.600. The van der Waals surface area contributed by atoms with Crippen LogP contribution in [0.3, 0.4) is 0 Å². The Morgan fingerprint density at radius 1 is 1.50 bits per heavy atom. The van der Waals surface area contributed by atoms with Crippen molar-refractivity contribution in [3.8, 4) is 0 Å². The van der Waals surface area contributed by atoms with E-state index in [1.54, 1.807) is 4.68 Å². The van der Waals surface area contributed by atoms with Crippen LogP contribution < -0.4 is 0 Å². The predicted molar refractivity (Wildman–Crippen MR) is 52.6 cm³/mol. The molecular formula is C5H5BrCl3N3. The summed E-state index contributed by atoms with van der Waals surface area (Å²) >= 11 is 20.1. The molecule has 1 heterocycles. The predicted octanol–water partition coefficient (Wildman–Crippen LogP) is 2.89. The normalized spacial score (nSPS) is 12.1. The molecule has 0 bridgehead atoms. The van der Waals surface area contributed by atoms with Gasteiger partial charge in [0.15, 0.2) is 0 Å². The molecule has 7 heteroatoms. The Hall–Kier alpha value is 0.490. The molecule has 0 spiro atoms. The fourth-order valence-electron chi connectivity index (χ4n) is 0.677.